The van der Waals surface area contributed by atoms with Crippen LogP contribution in [0.25, 0.3) is 0 Å². The van der Waals surface area contributed by atoms with E-state index >= 15 is 0 Å². The molecule has 0 radical (unpaired) electrons. The van der Waals surface area contributed by atoms with Gasteiger partial charge in [-0.1, -0.05) is 42.6 Å². The van der Waals surface area contributed by atoms with Gasteiger partial charge in [0.05, 0.1) is 0 Å². The van der Waals surface area contributed by atoms with E-state index in [1.807, 2.05) is 24.4 Å². The maximum absolute atomic E-state index is 12.0. The summed E-state index contributed by atoms with van der Waals surface area (Å²) in [7, 11) is 0. The monoisotopic (exact) mass is 413 g/mol. The first-order valence-corrected chi connectivity index (χ1v) is 9.98. The van der Waals surface area contributed by atoms with Crippen molar-refractivity contribution in [3.63, 3.8) is 0 Å². The van der Waals surface area contributed by atoms with Gasteiger partial charge in [-0.05, 0) is 48.1 Å². The second kappa shape index (κ2) is 9.95. The van der Waals surface area contributed by atoms with Crippen LogP contribution in [0, 0.1) is 6.92 Å². The molecular formula is C19H21Cl2NO3S. The third kappa shape index (κ3) is 5.73. The molecule has 0 bridgehead atoms. The Hall–Kier alpha value is -1.56. The van der Waals surface area contributed by atoms with Gasteiger partial charge in [-0.15, -0.1) is 11.3 Å². The highest BCUT2D eigenvalue weighted by Gasteiger charge is 2.17. The largest absolute Gasteiger partial charge is 0.451 e. The molecule has 0 saturated heterocycles. The summed E-state index contributed by atoms with van der Waals surface area (Å²) >= 11 is 13.5. The zero-order valence-corrected chi connectivity index (χ0v) is 17.0. The van der Waals surface area contributed by atoms with Crippen LogP contribution in [-0.4, -0.2) is 25.0 Å². The normalized spacial score (nSPS) is 11.8. The van der Waals surface area contributed by atoms with Crippen molar-refractivity contribution in [2.45, 2.75) is 32.6 Å². The molecular weight excluding hydrogens is 393 g/mol. The highest BCUT2D eigenvalue weighted by Crippen LogP contribution is 2.30. The lowest BCUT2D eigenvalue weighted by molar-refractivity contribution is -0.124. The number of nitrogens with one attached hydrogen (secondary N) is 1. The molecule has 0 aliphatic heterocycles. The number of amides is 1. The molecule has 0 aliphatic carbocycles. The second-order valence-corrected chi connectivity index (χ2v) is 7.72. The van der Waals surface area contributed by atoms with Crippen LogP contribution in [0.5, 0.6) is 0 Å². The number of carbonyl (C=O) groups is 2. The quantitative estimate of drug-likeness (QED) is 0.603. The van der Waals surface area contributed by atoms with Gasteiger partial charge in [0.1, 0.15) is 4.88 Å². The number of esters is 1. The molecule has 4 nitrogen and oxygen atoms in total. The maximum Gasteiger partial charge on any atom is 0.349 e. The molecule has 1 aromatic carbocycles. The minimum absolute atomic E-state index is 0.0731. The van der Waals surface area contributed by atoms with Crippen molar-refractivity contribution in [2.24, 2.45) is 0 Å². The minimum Gasteiger partial charge on any atom is -0.451 e. The van der Waals surface area contributed by atoms with E-state index in [-0.39, 0.29) is 18.4 Å². The molecule has 140 valence electrons. The molecule has 0 saturated carbocycles. The number of thiophene rings is 1. The standard InChI is InChI=1S/C19H21Cl2NO3S/c1-3-4-13(15-6-5-14(20)9-16(15)21)10-22-17(23)11-25-19(24)18-12(2)7-8-26-18/h5-9,13H,3-4,10-11H2,1-2H3,(H,22,23)/t13-/m0/s1. The van der Waals surface area contributed by atoms with Crippen LogP contribution in [0.2, 0.25) is 10.0 Å². The Bertz CT molecular complexity index is 776. The lowest BCUT2D eigenvalue weighted by Crippen LogP contribution is -2.32. The molecule has 26 heavy (non-hydrogen) atoms. The van der Waals surface area contributed by atoms with E-state index in [1.54, 1.807) is 12.1 Å². The molecule has 2 rings (SSSR count). The van der Waals surface area contributed by atoms with E-state index in [0.29, 0.717) is 21.5 Å². The number of ether oxygens (including phenoxy) is 1. The van der Waals surface area contributed by atoms with Crippen molar-refractivity contribution in [2.75, 3.05) is 13.2 Å². The Morgan fingerprint density at radius 1 is 1.27 bits per heavy atom. The SMILES string of the molecule is CCC[C@@H](CNC(=O)COC(=O)c1sccc1C)c1ccc(Cl)cc1Cl. The van der Waals surface area contributed by atoms with Gasteiger partial charge in [-0.25, -0.2) is 4.79 Å². The Labute approximate surface area is 167 Å². The van der Waals surface area contributed by atoms with Gasteiger partial charge < -0.3 is 10.1 Å². The van der Waals surface area contributed by atoms with E-state index in [2.05, 4.69) is 12.2 Å². The van der Waals surface area contributed by atoms with Crippen LogP contribution < -0.4 is 5.32 Å². The van der Waals surface area contributed by atoms with Crippen LogP contribution in [0.3, 0.4) is 0 Å². The predicted octanol–water partition coefficient (Wildman–Crippen LogP) is 5.22. The first-order valence-electron chi connectivity index (χ1n) is 8.35. The van der Waals surface area contributed by atoms with Gasteiger partial charge in [0.15, 0.2) is 6.61 Å². The van der Waals surface area contributed by atoms with Gasteiger partial charge in [0, 0.05) is 22.5 Å². The topological polar surface area (TPSA) is 55.4 Å². The van der Waals surface area contributed by atoms with E-state index in [1.165, 1.54) is 11.3 Å². The molecule has 1 N–H and O–H groups in total. The zero-order valence-electron chi connectivity index (χ0n) is 14.7. The number of hydrogen-bond acceptors (Lipinski definition) is 4. The predicted molar refractivity (Wildman–Crippen MR) is 106 cm³/mol. The minimum atomic E-state index is -0.474. The number of hydrogen-bond donors (Lipinski definition) is 1. The van der Waals surface area contributed by atoms with Gasteiger partial charge in [-0.2, -0.15) is 0 Å². The molecule has 1 aromatic heterocycles. The Balaban J connectivity index is 1.89. The first kappa shape index (κ1) is 20.7. The van der Waals surface area contributed by atoms with Gasteiger partial charge in [-0.3, -0.25) is 4.79 Å². The number of aryl methyl sites for hydroxylation is 1. The Morgan fingerprint density at radius 3 is 2.65 bits per heavy atom. The number of benzene rings is 1. The maximum atomic E-state index is 12.0. The summed E-state index contributed by atoms with van der Waals surface area (Å²) in [6.45, 7) is 4.02. The molecule has 0 spiro atoms. The van der Waals surface area contributed by atoms with Crippen molar-refractivity contribution < 1.29 is 14.3 Å². The summed E-state index contributed by atoms with van der Waals surface area (Å²) in [5.41, 5.74) is 1.80. The van der Waals surface area contributed by atoms with Crippen LogP contribution in [-0.2, 0) is 9.53 Å². The van der Waals surface area contributed by atoms with Gasteiger partial charge in [0.2, 0.25) is 0 Å². The highest BCUT2D eigenvalue weighted by molar-refractivity contribution is 7.12. The smallest absolute Gasteiger partial charge is 0.349 e. The highest BCUT2D eigenvalue weighted by atomic mass is 35.5. The first-order chi connectivity index (χ1) is 12.4. The van der Waals surface area contributed by atoms with Gasteiger partial charge in [0.25, 0.3) is 5.91 Å². The average Bonchev–Trinajstić information content (AvgIpc) is 3.03. The Kier molecular flexibility index (Phi) is 7.94. The molecule has 0 aliphatic rings. The van der Waals surface area contributed by atoms with Crippen molar-refractivity contribution in [1.82, 2.24) is 5.32 Å². The summed E-state index contributed by atoms with van der Waals surface area (Å²) in [5, 5.41) is 5.80. The summed E-state index contributed by atoms with van der Waals surface area (Å²) in [6.07, 6.45) is 1.82. The number of carbonyl (C=O) groups excluding carboxylic acids is 2. The summed E-state index contributed by atoms with van der Waals surface area (Å²) in [5.74, 6) is -0.735. The van der Waals surface area contributed by atoms with E-state index in [4.69, 9.17) is 27.9 Å². The second-order valence-electron chi connectivity index (χ2n) is 5.96. The number of rotatable bonds is 8. The van der Waals surface area contributed by atoms with Crippen molar-refractivity contribution in [3.8, 4) is 0 Å². The van der Waals surface area contributed by atoms with E-state index < -0.39 is 5.97 Å². The zero-order chi connectivity index (χ0) is 19.1. The lowest BCUT2D eigenvalue weighted by Gasteiger charge is -2.19. The fourth-order valence-corrected chi connectivity index (χ4v) is 4.00. The summed E-state index contributed by atoms with van der Waals surface area (Å²) in [6, 6.07) is 7.22. The van der Waals surface area contributed by atoms with E-state index in [0.717, 1.165) is 24.0 Å². The molecule has 1 atom stereocenters. The van der Waals surface area contributed by atoms with Crippen molar-refractivity contribution in [3.05, 3.63) is 55.7 Å². The summed E-state index contributed by atoms with van der Waals surface area (Å²) < 4.78 is 5.08. The summed E-state index contributed by atoms with van der Waals surface area (Å²) in [4.78, 5) is 24.5. The lowest BCUT2D eigenvalue weighted by atomic mass is 9.94. The number of halogens is 2. The molecule has 1 heterocycles. The van der Waals surface area contributed by atoms with Crippen molar-refractivity contribution >= 4 is 46.4 Å². The van der Waals surface area contributed by atoms with Crippen LogP contribution in [0.1, 0.15) is 46.5 Å². The fourth-order valence-electron chi connectivity index (χ4n) is 2.62. The van der Waals surface area contributed by atoms with Crippen molar-refractivity contribution in [1.29, 1.82) is 0 Å². The third-order valence-electron chi connectivity index (χ3n) is 3.97. The van der Waals surface area contributed by atoms with Crippen LogP contribution >= 0.6 is 34.5 Å². The molecule has 0 fully saturated rings. The molecule has 0 unspecified atom stereocenters. The van der Waals surface area contributed by atoms with E-state index in [9.17, 15) is 9.59 Å². The van der Waals surface area contributed by atoms with Gasteiger partial charge >= 0.3 is 5.97 Å². The molecule has 2 aromatic rings. The molecule has 7 heteroatoms. The Morgan fingerprint density at radius 2 is 2.04 bits per heavy atom. The molecule has 1 amide bonds. The van der Waals surface area contributed by atoms with Crippen LogP contribution in [0.15, 0.2) is 29.6 Å². The van der Waals surface area contributed by atoms with Crippen LogP contribution in [0.4, 0.5) is 0 Å². The fraction of sp³-hybridized carbons (Fsp3) is 0.368. The average molecular weight is 414 g/mol. The third-order valence-corrected chi connectivity index (χ3v) is 5.53.